The molecule has 228 valence electrons. The quantitative estimate of drug-likeness (QED) is 0.299. The second kappa shape index (κ2) is 11.2. The number of halogens is 1. The number of benzene rings is 2. The van der Waals surface area contributed by atoms with E-state index in [1.54, 1.807) is 34.6 Å². The average Bonchev–Trinajstić information content (AvgIpc) is 3.64. The zero-order valence-electron chi connectivity index (χ0n) is 25.0. The molecular formula is C31H39FN6O4Si. The van der Waals surface area contributed by atoms with E-state index in [1.807, 2.05) is 61.7 Å². The Balaban J connectivity index is 1.29. The number of aliphatic hydroxyl groups is 1. The van der Waals surface area contributed by atoms with Crippen LogP contribution in [0.5, 0.6) is 0 Å². The molecule has 43 heavy (non-hydrogen) atoms. The van der Waals surface area contributed by atoms with Crippen LogP contribution in [0.1, 0.15) is 36.1 Å². The number of hydrogen-bond acceptors (Lipinski definition) is 7. The number of likely N-dealkylation sites (N-methyl/N-ethyl adjacent to an activating group) is 1. The van der Waals surface area contributed by atoms with Crippen molar-refractivity contribution >= 4 is 31.6 Å². The monoisotopic (exact) mass is 606 g/mol. The predicted octanol–water partition coefficient (Wildman–Crippen LogP) is 3.18. The van der Waals surface area contributed by atoms with Gasteiger partial charge in [-0.25, -0.2) is 0 Å². The highest BCUT2D eigenvalue weighted by molar-refractivity contribution is 6.72. The Labute approximate surface area is 252 Å². The van der Waals surface area contributed by atoms with Crippen LogP contribution in [-0.4, -0.2) is 79.7 Å². The molecule has 2 fully saturated rings. The normalized spacial score (nSPS) is 26.4. The maximum absolute atomic E-state index is 16.1. The molecule has 10 nitrogen and oxygen atoms in total. The molecule has 1 unspecified atom stereocenters. The van der Waals surface area contributed by atoms with Crippen LogP contribution in [0.3, 0.4) is 0 Å². The number of aliphatic hydroxyl groups excluding tert-OH is 1. The average molecular weight is 607 g/mol. The molecule has 3 aromatic rings. The molecule has 2 aromatic carbocycles. The van der Waals surface area contributed by atoms with Crippen molar-refractivity contribution in [3.05, 3.63) is 71.5 Å². The van der Waals surface area contributed by atoms with Crippen LogP contribution in [-0.2, 0) is 26.5 Å². The van der Waals surface area contributed by atoms with E-state index in [-0.39, 0.29) is 30.9 Å². The van der Waals surface area contributed by atoms with Crippen molar-refractivity contribution in [1.82, 2.24) is 20.3 Å². The van der Waals surface area contributed by atoms with E-state index in [4.69, 9.17) is 4.74 Å². The lowest BCUT2D eigenvalue weighted by molar-refractivity contribution is -0.145. The van der Waals surface area contributed by atoms with Crippen molar-refractivity contribution in [1.29, 1.82) is 0 Å². The van der Waals surface area contributed by atoms with Gasteiger partial charge >= 0.3 is 0 Å². The van der Waals surface area contributed by atoms with Gasteiger partial charge in [-0.15, -0.1) is 5.10 Å². The molecule has 2 N–H and O–H groups in total. The fourth-order valence-corrected chi connectivity index (χ4v) is 9.90. The number of amides is 2. The number of ether oxygens (including phenoxy) is 1. The number of hydrogen-bond donors (Lipinski definition) is 2. The minimum Gasteiger partial charge on any atom is -0.395 e. The van der Waals surface area contributed by atoms with Crippen molar-refractivity contribution in [2.24, 2.45) is 5.92 Å². The molecule has 0 radical (unpaired) electrons. The number of rotatable bonds is 8. The molecule has 12 heteroatoms. The number of nitrogens with one attached hydrogen (secondary N) is 1. The van der Waals surface area contributed by atoms with Crippen LogP contribution in [0, 0.1) is 5.92 Å². The van der Waals surface area contributed by atoms with Crippen molar-refractivity contribution < 1.29 is 23.5 Å². The number of nitrogens with zero attached hydrogens (tertiary/aromatic N) is 5. The number of piperazine rings is 1. The minimum atomic E-state index is -3.32. The number of fused-ring (bicyclic) bond motifs is 2. The van der Waals surface area contributed by atoms with Gasteiger partial charge in [0.2, 0.25) is 14.3 Å². The molecule has 1 aromatic heterocycles. The summed E-state index contributed by atoms with van der Waals surface area (Å²) >= 11 is 0. The molecule has 6 rings (SSSR count). The molecule has 4 heterocycles. The molecule has 3 aliphatic rings. The molecule has 0 saturated carbocycles. The molecule has 3 aliphatic heterocycles. The Morgan fingerprint density at radius 1 is 1.21 bits per heavy atom. The van der Waals surface area contributed by atoms with E-state index >= 15 is 4.11 Å². The van der Waals surface area contributed by atoms with E-state index in [2.05, 4.69) is 15.6 Å². The predicted molar refractivity (Wildman–Crippen MR) is 163 cm³/mol. The Morgan fingerprint density at radius 2 is 1.98 bits per heavy atom. The highest BCUT2D eigenvalue weighted by atomic mass is 28.4. The van der Waals surface area contributed by atoms with Crippen molar-refractivity contribution in [3.8, 4) is 0 Å². The SMILES string of the molecule is C[C@@H]1[C@@H]([Si](C)(C)F)[C@H](CCn2cc(C(CO)c3ccccc3)nn2)O[C@@]12C(=O)N(C)c1ccc(N3CCNCC3=O)cc12. The summed E-state index contributed by atoms with van der Waals surface area (Å²) in [6.07, 6.45) is 1.73. The van der Waals surface area contributed by atoms with Crippen LogP contribution in [0.4, 0.5) is 15.5 Å². The van der Waals surface area contributed by atoms with Gasteiger partial charge in [-0.05, 0) is 43.3 Å². The molecule has 2 saturated heterocycles. The summed E-state index contributed by atoms with van der Waals surface area (Å²) in [7, 11) is -1.60. The highest BCUT2D eigenvalue weighted by Crippen LogP contribution is 2.60. The van der Waals surface area contributed by atoms with Crippen LogP contribution >= 0.6 is 0 Å². The third kappa shape index (κ3) is 4.99. The van der Waals surface area contributed by atoms with Gasteiger partial charge in [0, 0.05) is 55.6 Å². The van der Waals surface area contributed by atoms with Crippen LogP contribution < -0.4 is 15.1 Å². The third-order valence-corrected chi connectivity index (χ3v) is 11.9. The van der Waals surface area contributed by atoms with Gasteiger partial charge in [-0.3, -0.25) is 14.3 Å². The summed E-state index contributed by atoms with van der Waals surface area (Å²) in [6, 6.07) is 15.3. The van der Waals surface area contributed by atoms with Gasteiger partial charge in [0.25, 0.3) is 5.91 Å². The third-order valence-electron chi connectivity index (χ3n) is 9.42. The standard InChI is InChI=1S/C31H39FN6O4Si/c1-20-29(43(3,4)32)27(12-14-37-18-25(34-35-37)23(19-39)21-8-6-5-7-9-21)42-31(20)24-16-22(38-15-13-33-17-28(38)40)10-11-26(24)36(2)30(31)41/h5-11,16,18,20,23,27,29,33,39H,12-15,17,19H2,1-4H3/t20-,23?,27+,29-,31+/m1/s1. The summed E-state index contributed by atoms with van der Waals surface area (Å²) in [5.74, 6) is -0.959. The van der Waals surface area contributed by atoms with Gasteiger partial charge < -0.3 is 29.1 Å². The molecule has 0 bridgehead atoms. The Hall–Kier alpha value is -3.45. The van der Waals surface area contributed by atoms with Gasteiger partial charge in [0.15, 0.2) is 5.60 Å². The second-order valence-corrected chi connectivity index (χ2v) is 16.2. The van der Waals surface area contributed by atoms with E-state index in [1.165, 1.54) is 0 Å². The Kier molecular flexibility index (Phi) is 7.74. The maximum atomic E-state index is 16.1. The Bertz CT molecular complexity index is 1510. The van der Waals surface area contributed by atoms with Crippen LogP contribution in [0.15, 0.2) is 54.7 Å². The lowest BCUT2D eigenvalue weighted by atomic mass is 9.82. The molecule has 5 atom stereocenters. The largest absolute Gasteiger partial charge is 0.395 e. The second-order valence-electron chi connectivity index (χ2n) is 12.4. The summed E-state index contributed by atoms with van der Waals surface area (Å²) < 4.78 is 24.6. The lowest BCUT2D eigenvalue weighted by Crippen LogP contribution is -2.48. The first kappa shape index (κ1) is 29.6. The minimum absolute atomic E-state index is 0.0331. The fraction of sp³-hybridized carbons (Fsp3) is 0.484. The fourth-order valence-electron chi connectivity index (χ4n) is 7.36. The van der Waals surface area contributed by atoms with E-state index in [0.717, 1.165) is 11.3 Å². The first-order valence-corrected chi connectivity index (χ1v) is 17.9. The zero-order valence-corrected chi connectivity index (χ0v) is 26.0. The van der Waals surface area contributed by atoms with Gasteiger partial charge in [-0.1, -0.05) is 42.5 Å². The van der Waals surface area contributed by atoms with E-state index < -0.39 is 31.6 Å². The van der Waals surface area contributed by atoms with Gasteiger partial charge in [0.1, 0.15) is 0 Å². The maximum Gasteiger partial charge on any atom is 0.264 e. The Morgan fingerprint density at radius 3 is 2.67 bits per heavy atom. The molecule has 1 spiro atoms. The van der Waals surface area contributed by atoms with E-state index in [0.29, 0.717) is 43.0 Å². The topological polar surface area (TPSA) is 113 Å². The van der Waals surface area contributed by atoms with E-state index in [9.17, 15) is 14.7 Å². The van der Waals surface area contributed by atoms with Crippen molar-refractivity contribution in [3.63, 3.8) is 0 Å². The summed E-state index contributed by atoms with van der Waals surface area (Å²) in [5.41, 5.74) is 1.94. The molecule has 2 amide bonds. The number of carbonyl (C=O) groups excluding carboxylic acids is 2. The number of aryl methyl sites for hydroxylation is 1. The first-order valence-electron chi connectivity index (χ1n) is 14.9. The van der Waals surface area contributed by atoms with Crippen molar-refractivity contribution in [2.75, 3.05) is 43.1 Å². The molecule has 0 aliphatic carbocycles. The summed E-state index contributed by atoms with van der Waals surface area (Å²) in [6.45, 7) is 7.08. The zero-order chi connectivity index (χ0) is 30.5. The number of anilines is 2. The number of carbonyl (C=O) groups is 2. The van der Waals surface area contributed by atoms with Crippen LogP contribution in [0.25, 0.3) is 0 Å². The smallest absolute Gasteiger partial charge is 0.264 e. The van der Waals surface area contributed by atoms with Crippen molar-refractivity contribution in [2.45, 2.75) is 56.1 Å². The highest BCUT2D eigenvalue weighted by Gasteiger charge is 2.66. The van der Waals surface area contributed by atoms with Gasteiger partial charge in [-0.2, -0.15) is 0 Å². The summed E-state index contributed by atoms with van der Waals surface area (Å²) in [4.78, 5) is 30.1. The molecular weight excluding hydrogens is 567 g/mol. The van der Waals surface area contributed by atoms with Gasteiger partial charge in [0.05, 0.1) is 36.6 Å². The summed E-state index contributed by atoms with van der Waals surface area (Å²) in [5, 5.41) is 21.8. The van der Waals surface area contributed by atoms with Crippen LogP contribution in [0.2, 0.25) is 18.6 Å². The first-order chi connectivity index (χ1) is 20.6. The lowest BCUT2D eigenvalue weighted by Gasteiger charge is -2.32. The number of aromatic nitrogens is 3.